The van der Waals surface area contributed by atoms with E-state index in [1.165, 1.54) is 4.90 Å². The lowest BCUT2D eigenvalue weighted by Crippen LogP contribution is -2.30. The van der Waals surface area contributed by atoms with Crippen molar-refractivity contribution in [2.45, 2.75) is 26.8 Å². The molecule has 2 aromatic carbocycles. The van der Waals surface area contributed by atoms with Gasteiger partial charge in [0.15, 0.2) is 5.43 Å². The molecule has 1 aliphatic rings. The van der Waals surface area contributed by atoms with Crippen LogP contribution in [0.1, 0.15) is 44.5 Å². The summed E-state index contributed by atoms with van der Waals surface area (Å²) < 4.78 is 6.05. The first kappa shape index (κ1) is 19.5. The molecule has 6 heteroatoms. The molecule has 3 heterocycles. The molecule has 0 unspecified atom stereocenters. The summed E-state index contributed by atoms with van der Waals surface area (Å²) in [6, 6.07) is 15.6. The van der Waals surface area contributed by atoms with E-state index < -0.39 is 11.9 Å². The molecular formula is C25H19ClN2O3. The first-order valence-corrected chi connectivity index (χ1v) is 10.3. The summed E-state index contributed by atoms with van der Waals surface area (Å²) in [6.45, 7) is 5.75. The van der Waals surface area contributed by atoms with Crippen molar-refractivity contribution in [3.8, 4) is 0 Å². The van der Waals surface area contributed by atoms with Crippen LogP contribution in [0.4, 0.5) is 5.82 Å². The Morgan fingerprint density at radius 1 is 0.968 bits per heavy atom. The zero-order chi connectivity index (χ0) is 21.9. The molecule has 31 heavy (non-hydrogen) atoms. The van der Waals surface area contributed by atoms with Crippen molar-refractivity contribution in [3.63, 3.8) is 0 Å². The zero-order valence-corrected chi connectivity index (χ0v) is 18.0. The third kappa shape index (κ3) is 3.04. The number of carbonyl (C=O) groups is 1. The summed E-state index contributed by atoms with van der Waals surface area (Å²) >= 11 is 6.26. The highest BCUT2D eigenvalue weighted by Crippen LogP contribution is 2.41. The van der Waals surface area contributed by atoms with E-state index in [2.05, 4.69) is 4.98 Å². The average molecular weight is 431 g/mol. The molecule has 2 aromatic heterocycles. The summed E-state index contributed by atoms with van der Waals surface area (Å²) in [5, 5.41) is 0.980. The predicted molar refractivity (Wildman–Crippen MR) is 121 cm³/mol. The molecule has 1 atom stereocenters. The van der Waals surface area contributed by atoms with Crippen LogP contribution in [-0.4, -0.2) is 10.9 Å². The van der Waals surface area contributed by atoms with Gasteiger partial charge in [-0.05, 0) is 73.9 Å². The molecule has 0 N–H and O–H groups in total. The van der Waals surface area contributed by atoms with Gasteiger partial charge in [0.1, 0.15) is 11.4 Å². The highest BCUT2D eigenvalue weighted by molar-refractivity contribution is 6.30. The number of anilines is 1. The number of fused-ring (bicyclic) bond motifs is 2. The van der Waals surface area contributed by atoms with Crippen molar-refractivity contribution in [1.82, 2.24) is 4.98 Å². The van der Waals surface area contributed by atoms with Crippen molar-refractivity contribution >= 4 is 34.3 Å². The normalized spacial score (nSPS) is 15.5. The van der Waals surface area contributed by atoms with Crippen molar-refractivity contribution in [3.05, 3.63) is 104 Å². The summed E-state index contributed by atoms with van der Waals surface area (Å²) in [5.74, 6) is 0.113. The van der Waals surface area contributed by atoms with Gasteiger partial charge in [0, 0.05) is 10.7 Å². The first-order valence-electron chi connectivity index (χ1n) is 9.96. The lowest BCUT2D eigenvalue weighted by atomic mass is 9.97. The predicted octanol–water partition coefficient (Wildman–Crippen LogP) is 5.52. The van der Waals surface area contributed by atoms with Crippen LogP contribution in [0, 0.1) is 20.8 Å². The van der Waals surface area contributed by atoms with E-state index in [1.54, 1.807) is 24.3 Å². The highest BCUT2D eigenvalue weighted by atomic mass is 35.5. The molecule has 4 aromatic rings. The summed E-state index contributed by atoms with van der Waals surface area (Å²) in [5.41, 5.74) is 3.97. The second-order valence-corrected chi connectivity index (χ2v) is 8.31. The topological polar surface area (TPSA) is 63.4 Å². The fourth-order valence-electron chi connectivity index (χ4n) is 4.12. The van der Waals surface area contributed by atoms with Gasteiger partial charge in [-0.3, -0.25) is 14.5 Å². The number of carbonyl (C=O) groups excluding carboxylic acids is 1. The molecule has 5 rings (SSSR count). The summed E-state index contributed by atoms with van der Waals surface area (Å²) in [4.78, 5) is 33.3. The Balaban J connectivity index is 1.85. The first-order chi connectivity index (χ1) is 14.8. The Morgan fingerprint density at radius 2 is 1.71 bits per heavy atom. The maximum atomic E-state index is 13.6. The van der Waals surface area contributed by atoms with Crippen LogP contribution in [0.3, 0.4) is 0 Å². The van der Waals surface area contributed by atoms with Gasteiger partial charge in [-0.15, -0.1) is 0 Å². The monoisotopic (exact) mass is 430 g/mol. The van der Waals surface area contributed by atoms with E-state index >= 15 is 0 Å². The lowest BCUT2D eigenvalue weighted by Gasteiger charge is -2.24. The van der Waals surface area contributed by atoms with Gasteiger partial charge in [-0.1, -0.05) is 29.8 Å². The second kappa shape index (κ2) is 7.06. The van der Waals surface area contributed by atoms with E-state index in [0.29, 0.717) is 27.4 Å². The Kier molecular flexibility index (Phi) is 4.45. The van der Waals surface area contributed by atoms with E-state index in [9.17, 15) is 9.59 Å². The number of hydrogen-bond donors (Lipinski definition) is 0. The Hall–Kier alpha value is -3.44. The molecule has 0 saturated heterocycles. The maximum absolute atomic E-state index is 13.6. The van der Waals surface area contributed by atoms with Gasteiger partial charge >= 0.3 is 0 Å². The molecule has 1 aliphatic heterocycles. The molecule has 1 amide bonds. The molecule has 0 fully saturated rings. The van der Waals surface area contributed by atoms with Gasteiger partial charge in [0.05, 0.1) is 17.0 Å². The summed E-state index contributed by atoms with van der Waals surface area (Å²) in [7, 11) is 0. The SMILES string of the molecule is Cc1cccc(N2C(=O)c3oc4cc(C)c(C)cc4c(=O)c3[C@H]2c2cccc(Cl)c2)n1. The van der Waals surface area contributed by atoms with Gasteiger partial charge < -0.3 is 4.42 Å². The maximum Gasteiger partial charge on any atom is 0.296 e. The fourth-order valence-corrected chi connectivity index (χ4v) is 4.32. The number of benzene rings is 2. The standard InChI is InChI=1S/C25H19ClN2O3/c1-13-10-18-19(11-14(13)2)31-24-21(23(18)29)22(16-7-5-8-17(26)12-16)28(25(24)30)20-9-4-6-15(3)27-20/h4-12,22H,1-3H3/t22-/m1/s1. The Morgan fingerprint density at radius 3 is 2.45 bits per heavy atom. The summed E-state index contributed by atoms with van der Waals surface area (Å²) in [6.07, 6.45) is 0. The minimum absolute atomic E-state index is 0.0500. The molecule has 154 valence electrons. The average Bonchev–Trinajstić information content (AvgIpc) is 3.02. The van der Waals surface area contributed by atoms with E-state index in [0.717, 1.165) is 22.4 Å². The molecule has 5 nitrogen and oxygen atoms in total. The van der Waals surface area contributed by atoms with Gasteiger partial charge in [-0.2, -0.15) is 0 Å². The molecule has 0 aliphatic carbocycles. The molecule has 0 spiro atoms. The van der Waals surface area contributed by atoms with Crippen molar-refractivity contribution < 1.29 is 9.21 Å². The Labute approximate surface area is 183 Å². The third-order valence-electron chi connectivity index (χ3n) is 5.77. The van der Waals surface area contributed by atoms with Crippen molar-refractivity contribution in [1.29, 1.82) is 0 Å². The number of amides is 1. The number of hydrogen-bond acceptors (Lipinski definition) is 4. The quantitative estimate of drug-likeness (QED) is 0.420. The smallest absolute Gasteiger partial charge is 0.296 e. The van der Waals surface area contributed by atoms with E-state index in [-0.39, 0.29) is 11.2 Å². The number of rotatable bonds is 2. The number of aromatic nitrogens is 1. The van der Waals surface area contributed by atoms with Crippen LogP contribution in [0.15, 0.2) is 63.8 Å². The zero-order valence-electron chi connectivity index (χ0n) is 17.3. The molecule has 0 radical (unpaired) electrons. The van der Waals surface area contributed by atoms with Crippen LogP contribution in [0.5, 0.6) is 0 Å². The number of pyridine rings is 1. The Bertz CT molecular complexity index is 1440. The molecular weight excluding hydrogens is 412 g/mol. The number of halogens is 1. The van der Waals surface area contributed by atoms with Gasteiger partial charge in [-0.25, -0.2) is 4.98 Å². The second-order valence-electron chi connectivity index (χ2n) is 7.88. The van der Waals surface area contributed by atoms with Crippen LogP contribution in [-0.2, 0) is 0 Å². The van der Waals surface area contributed by atoms with Crippen LogP contribution in [0.25, 0.3) is 11.0 Å². The number of nitrogens with zero attached hydrogens (tertiary/aromatic N) is 2. The van der Waals surface area contributed by atoms with Gasteiger partial charge in [0.2, 0.25) is 5.76 Å². The third-order valence-corrected chi connectivity index (χ3v) is 6.01. The van der Waals surface area contributed by atoms with Crippen LogP contribution >= 0.6 is 11.6 Å². The van der Waals surface area contributed by atoms with E-state index in [4.69, 9.17) is 16.0 Å². The fraction of sp³-hybridized carbons (Fsp3) is 0.160. The minimum atomic E-state index is -0.683. The van der Waals surface area contributed by atoms with Crippen LogP contribution in [0.2, 0.25) is 5.02 Å². The minimum Gasteiger partial charge on any atom is -0.450 e. The van der Waals surface area contributed by atoms with E-state index in [1.807, 2.05) is 51.1 Å². The molecule has 0 bridgehead atoms. The van der Waals surface area contributed by atoms with Crippen molar-refractivity contribution in [2.24, 2.45) is 0 Å². The molecule has 0 saturated carbocycles. The van der Waals surface area contributed by atoms with Crippen LogP contribution < -0.4 is 10.3 Å². The van der Waals surface area contributed by atoms with Crippen molar-refractivity contribution in [2.75, 3.05) is 4.90 Å². The van der Waals surface area contributed by atoms with Gasteiger partial charge in [0.25, 0.3) is 5.91 Å². The lowest BCUT2D eigenvalue weighted by molar-refractivity contribution is 0.0970. The largest absolute Gasteiger partial charge is 0.450 e. The number of aryl methyl sites for hydroxylation is 3. The highest BCUT2D eigenvalue weighted by Gasteiger charge is 2.44.